The molecule has 0 aliphatic heterocycles. The molecule has 19 heavy (non-hydrogen) atoms. The minimum absolute atomic E-state index is 0.248. The van der Waals surface area contributed by atoms with E-state index in [-0.39, 0.29) is 17.9 Å². The normalized spacial score (nSPS) is 13.1. The Labute approximate surface area is 114 Å². The van der Waals surface area contributed by atoms with E-state index in [2.05, 4.69) is 5.32 Å². The van der Waals surface area contributed by atoms with Crippen LogP contribution in [0.3, 0.4) is 0 Å². The monoisotopic (exact) mass is 265 g/mol. The Bertz CT molecular complexity index is 427. The van der Waals surface area contributed by atoms with Gasteiger partial charge in [-0.3, -0.25) is 4.79 Å². The molecule has 106 valence electrons. The van der Waals surface area contributed by atoms with Gasteiger partial charge in [-0.2, -0.15) is 0 Å². The SMILES string of the molecule is COC(=O)Cc1ccccc1CNC(C)(C)C(C)O. The summed E-state index contributed by atoms with van der Waals surface area (Å²) in [6.45, 7) is 6.25. The molecule has 2 N–H and O–H groups in total. The highest BCUT2D eigenvalue weighted by Crippen LogP contribution is 2.14. The molecule has 0 bridgehead atoms. The lowest BCUT2D eigenvalue weighted by Crippen LogP contribution is -2.47. The fourth-order valence-corrected chi connectivity index (χ4v) is 1.60. The molecule has 4 nitrogen and oxygen atoms in total. The van der Waals surface area contributed by atoms with Gasteiger partial charge in [-0.25, -0.2) is 0 Å². The summed E-state index contributed by atoms with van der Waals surface area (Å²) < 4.78 is 4.69. The zero-order chi connectivity index (χ0) is 14.5. The van der Waals surface area contributed by atoms with Crippen molar-refractivity contribution in [2.45, 2.75) is 45.4 Å². The van der Waals surface area contributed by atoms with Gasteiger partial charge >= 0.3 is 5.97 Å². The smallest absolute Gasteiger partial charge is 0.309 e. The van der Waals surface area contributed by atoms with Crippen LogP contribution in [0.25, 0.3) is 0 Å². The molecule has 0 aliphatic carbocycles. The maximum Gasteiger partial charge on any atom is 0.309 e. The van der Waals surface area contributed by atoms with Gasteiger partial charge < -0.3 is 15.2 Å². The van der Waals surface area contributed by atoms with Crippen LogP contribution >= 0.6 is 0 Å². The third kappa shape index (κ3) is 4.65. The Morgan fingerprint density at radius 3 is 2.47 bits per heavy atom. The number of hydrogen-bond acceptors (Lipinski definition) is 4. The van der Waals surface area contributed by atoms with Gasteiger partial charge in [-0.05, 0) is 31.9 Å². The van der Waals surface area contributed by atoms with Crippen LogP contribution in [0.15, 0.2) is 24.3 Å². The van der Waals surface area contributed by atoms with Crippen LogP contribution in [-0.2, 0) is 22.5 Å². The van der Waals surface area contributed by atoms with Crippen LogP contribution < -0.4 is 5.32 Å². The lowest BCUT2D eigenvalue weighted by molar-refractivity contribution is -0.139. The standard InChI is InChI=1S/C15H23NO3/c1-11(17)15(2,3)16-10-13-8-6-5-7-12(13)9-14(18)19-4/h5-8,11,16-17H,9-10H2,1-4H3. The lowest BCUT2D eigenvalue weighted by Gasteiger charge is -2.30. The summed E-state index contributed by atoms with van der Waals surface area (Å²) in [5.41, 5.74) is 1.61. The van der Waals surface area contributed by atoms with E-state index in [1.165, 1.54) is 7.11 Å². The van der Waals surface area contributed by atoms with Crippen LogP contribution in [-0.4, -0.2) is 29.8 Å². The number of nitrogens with one attached hydrogen (secondary N) is 1. The molecule has 4 heteroatoms. The summed E-state index contributed by atoms with van der Waals surface area (Å²) in [7, 11) is 1.39. The minimum atomic E-state index is -0.458. The number of aliphatic hydroxyl groups is 1. The van der Waals surface area contributed by atoms with Crippen molar-refractivity contribution in [3.63, 3.8) is 0 Å². The summed E-state index contributed by atoms with van der Waals surface area (Å²) >= 11 is 0. The van der Waals surface area contributed by atoms with Crippen LogP contribution in [0.2, 0.25) is 0 Å². The molecule has 1 atom stereocenters. The summed E-state index contributed by atoms with van der Waals surface area (Å²) in [5.74, 6) is -0.248. The average Bonchev–Trinajstić information content (AvgIpc) is 2.37. The van der Waals surface area contributed by atoms with Gasteiger partial charge in [0, 0.05) is 12.1 Å². The number of benzene rings is 1. The number of carbonyl (C=O) groups is 1. The second-order valence-corrected chi connectivity index (χ2v) is 5.27. The number of esters is 1. The second-order valence-electron chi connectivity index (χ2n) is 5.27. The topological polar surface area (TPSA) is 58.6 Å². The second kappa shape index (κ2) is 6.68. The predicted octanol–water partition coefficient (Wildman–Crippen LogP) is 1.65. The van der Waals surface area contributed by atoms with Gasteiger partial charge in [-0.15, -0.1) is 0 Å². The summed E-state index contributed by atoms with van der Waals surface area (Å²) in [6, 6.07) is 7.74. The average molecular weight is 265 g/mol. The summed E-state index contributed by atoms with van der Waals surface area (Å²) in [4.78, 5) is 11.4. The molecular weight excluding hydrogens is 242 g/mol. The highest BCUT2D eigenvalue weighted by atomic mass is 16.5. The van der Waals surface area contributed by atoms with Crippen molar-refractivity contribution in [1.29, 1.82) is 0 Å². The first-order valence-electron chi connectivity index (χ1n) is 6.43. The zero-order valence-electron chi connectivity index (χ0n) is 12.1. The highest BCUT2D eigenvalue weighted by molar-refractivity contribution is 5.72. The van der Waals surface area contributed by atoms with Crippen LogP contribution in [0.4, 0.5) is 0 Å². The third-order valence-corrected chi connectivity index (χ3v) is 3.46. The predicted molar refractivity (Wildman–Crippen MR) is 74.8 cm³/mol. The van der Waals surface area contributed by atoms with E-state index in [0.29, 0.717) is 6.54 Å². The van der Waals surface area contributed by atoms with Gasteiger partial charge in [0.2, 0.25) is 0 Å². The molecule has 0 amide bonds. The van der Waals surface area contributed by atoms with E-state index >= 15 is 0 Å². The van der Waals surface area contributed by atoms with E-state index in [0.717, 1.165) is 11.1 Å². The first-order valence-corrected chi connectivity index (χ1v) is 6.43. The van der Waals surface area contributed by atoms with Gasteiger partial charge in [0.05, 0.1) is 19.6 Å². The lowest BCUT2D eigenvalue weighted by atomic mass is 9.97. The quantitative estimate of drug-likeness (QED) is 0.768. The summed E-state index contributed by atoms with van der Waals surface area (Å²) in [5, 5.41) is 13.0. The van der Waals surface area contributed by atoms with E-state index in [4.69, 9.17) is 4.74 Å². The molecule has 0 radical (unpaired) electrons. The fourth-order valence-electron chi connectivity index (χ4n) is 1.60. The molecule has 0 heterocycles. The van der Waals surface area contributed by atoms with Gasteiger partial charge in [0.1, 0.15) is 0 Å². The van der Waals surface area contributed by atoms with Gasteiger partial charge in [0.15, 0.2) is 0 Å². The molecule has 1 aromatic rings. The van der Waals surface area contributed by atoms with Crippen molar-refractivity contribution >= 4 is 5.97 Å². The minimum Gasteiger partial charge on any atom is -0.469 e. The highest BCUT2D eigenvalue weighted by Gasteiger charge is 2.23. The number of carbonyl (C=O) groups excluding carboxylic acids is 1. The number of rotatable bonds is 6. The molecular formula is C15H23NO3. The van der Waals surface area contributed by atoms with Crippen molar-refractivity contribution in [2.24, 2.45) is 0 Å². The van der Waals surface area contributed by atoms with Gasteiger partial charge in [-0.1, -0.05) is 24.3 Å². The Morgan fingerprint density at radius 1 is 1.37 bits per heavy atom. The first kappa shape index (κ1) is 15.7. The van der Waals surface area contributed by atoms with Crippen molar-refractivity contribution in [2.75, 3.05) is 7.11 Å². The number of methoxy groups -OCH3 is 1. The number of ether oxygens (including phenoxy) is 1. The molecule has 0 spiro atoms. The Morgan fingerprint density at radius 2 is 1.95 bits per heavy atom. The fraction of sp³-hybridized carbons (Fsp3) is 0.533. The van der Waals surface area contributed by atoms with Crippen LogP contribution in [0.1, 0.15) is 31.9 Å². The molecule has 1 rings (SSSR count). The van der Waals surface area contributed by atoms with Gasteiger partial charge in [0.25, 0.3) is 0 Å². The molecule has 1 aromatic carbocycles. The van der Waals surface area contributed by atoms with E-state index in [9.17, 15) is 9.90 Å². The number of aliphatic hydroxyl groups excluding tert-OH is 1. The maximum atomic E-state index is 11.4. The summed E-state index contributed by atoms with van der Waals surface area (Å²) in [6.07, 6.45) is -0.191. The van der Waals surface area contributed by atoms with Crippen LogP contribution in [0.5, 0.6) is 0 Å². The molecule has 0 saturated carbocycles. The maximum absolute atomic E-state index is 11.4. The first-order chi connectivity index (χ1) is 8.86. The van der Waals surface area contributed by atoms with Crippen molar-refractivity contribution in [1.82, 2.24) is 5.32 Å². The largest absolute Gasteiger partial charge is 0.469 e. The molecule has 1 unspecified atom stereocenters. The molecule has 0 saturated heterocycles. The Hall–Kier alpha value is -1.39. The van der Waals surface area contributed by atoms with Crippen molar-refractivity contribution in [3.05, 3.63) is 35.4 Å². The number of hydrogen-bond donors (Lipinski definition) is 2. The van der Waals surface area contributed by atoms with Crippen molar-refractivity contribution in [3.8, 4) is 0 Å². The molecule has 0 aliphatic rings. The zero-order valence-corrected chi connectivity index (χ0v) is 12.1. The Kier molecular flexibility index (Phi) is 5.51. The van der Waals surface area contributed by atoms with Crippen molar-refractivity contribution < 1.29 is 14.6 Å². The van der Waals surface area contributed by atoms with E-state index in [1.54, 1.807) is 6.92 Å². The molecule has 0 aromatic heterocycles. The van der Waals surface area contributed by atoms with E-state index in [1.807, 2.05) is 38.1 Å². The third-order valence-electron chi connectivity index (χ3n) is 3.46. The van der Waals surface area contributed by atoms with Crippen LogP contribution in [0, 0.1) is 0 Å². The Balaban J connectivity index is 2.76. The van der Waals surface area contributed by atoms with E-state index < -0.39 is 6.10 Å². The molecule has 0 fully saturated rings.